The topological polar surface area (TPSA) is 29.1 Å². The first-order chi connectivity index (χ1) is 7.13. The summed E-state index contributed by atoms with van der Waals surface area (Å²) in [5, 5.41) is 2.94. The van der Waals surface area contributed by atoms with Gasteiger partial charge in [0.05, 0.1) is 0 Å². The number of halogens is 3. The number of carbonyl (C=O) groups excluding carboxylic acids is 1. The summed E-state index contributed by atoms with van der Waals surface area (Å²) in [6, 6.07) is 4.52. The molecule has 1 heterocycles. The van der Waals surface area contributed by atoms with E-state index in [0.29, 0.717) is 10.7 Å². The van der Waals surface area contributed by atoms with Crippen molar-refractivity contribution in [3.8, 4) is 0 Å². The lowest BCUT2D eigenvalue weighted by Gasteiger charge is -2.20. The Hall–Kier alpha value is -1.16. The molecule has 0 spiro atoms. The van der Waals surface area contributed by atoms with E-state index < -0.39 is 24.7 Å². The number of ketones is 1. The molecule has 0 fully saturated rings. The largest absolute Gasteiger partial charge is 0.368 e. The van der Waals surface area contributed by atoms with Crippen LogP contribution in [0.2, 0.25) is 5.02 Å². The second-order valence-electron chi connectivity index (χ2n) is 3.49. The van der Waals surface area contributed by atoms with E-state index in [1.165, 1.54) is 6.07 Å². The number of alkyl halides is 2. The number of rotatable bonds is 2. The van der Waals surface area contributed by atoms with Crippen molar-refractivity contribution in [2.24, 2.45) is 0 Å². The predicted molar refractivity (Wildman–Crippen MR) is 54.1 cm³/mol. The fraction of sp³-hybridized carbons (Fsp3) is 0.300. The SMILES string of the molecule is O=C1c2cc(Cl)ccc2NC1(CF)CF. The van der Waals surface area contributed by atoms with Crippen LogP contribution in [0.4, 0.5) is 14.5 Å². The third-order valence-electron chi connectivity index (χ3n) is 2.49. The van der Waals surface area contributed by atoms with Crippen LogP contribution in [0.5, 0.6) is 0 Å². The van der Waals surface area contributed by atoms with Gasteiger partial charge in [0.25, 0.3) is 0 Å². The number of carbonyl (C=O) groups is 1. The average molecular weight is 232 g/mol. The number of Topliss-reactive ketones (excluding diaryl/α,β-unsaturated/α-hetero) is 1. The van der Waals surface area contributed by atoms with E-state index in [9.17, 15) is 13.6 Å². The molecular weight excluding hydrogens is 224 g/mol. The van der Waals surface area contributed by atoms with Gasteiger partial charge in [0.2, 0.25) is 0 Å². The minimum absolute atomic E-state index is 0.248. The molecule has 5 heteroatoms. The highest BCUT2D eigenvalue weighted by molar-refractivity contribution is 6.31. The predicted octanol–water partition coefficient (Wildman–Crippen LogP) is 2.63. The fourth-order valence-electron chi connectivity index (χ4n) is 1.61. The number of anilines is 1. The molecule has 0 atom stereocenters. The smallest absolute Gasteiger partial charge is 0.195 e. The van der Waals surface area contributed by atoms with Crippen LogP contribution in [0, 0.1) is 0 Å². The van der Waals surface area contributed by atoms with Gasteiger partial charge < -0.3 is 5.32 Å². The van der Waals surface area contributed by atoms with Gasteiger partial charge in [-0.3, -0.25) is 4.79 Å². The molecular formula is C10H8ClF2NO. The van der Waals surface area contributed by atoms with E-state index in [2.05, 4.69) is 5.32 Å². The normalized spacial score (nSPS) is 17.4. The summed E-state index contributed by atoms with van der Waals surface area (Å²) >= 11 is 5.70. The molecule has 0 radical (unpaired) electrons. The molecule has 0 aromatic heterocycles. The molecule has 1 N–H and O–H groups in total. The molecule has 1 aliphatic heterocycles. The second kappa shape index (κ2) is 3.45. The molecule has 0 unspecified atom stereocenters. The maximum atomic E-state index is 12.7. The van der Waals surface area contributed by atoms with Crippen molar-refractivity contribution in [2.75, 3.05) is 18.7 Å². The van der Waals surface area contributed by atoms with Crippen LogP contribution in [0.25, 0.3) is 0 Å². The van der Waals surface area contributed by atoms with Crippen molar-refractivity contribution in [3.05, 3.63) is 28.8 Å². The zero-order chi connectivity index (χ0) is 11.1. The van der Waals surface area contributed by atoms with Crippen LogP contribution in [0.15, 0.2) is 18.2 Å². The second-order valence-corrected chi connectivity index (χ2v) is 3.93. The van der Waals surface area contributed by atoms with E-state index >= 15 is 0 Å². The minimum Gasteiger partial charge on any atom is -0.368 e. The van der Waals surface area contributed by atoms with Crippen LogP contribution < -0.4 is 5.32 Å². The van der Waals surface area contributed by atoms with Gasteiger partial charge in [-0.25, -0.2) is 8.78 Å². The van der Waals surface area contributed by atoms with Gasteiger partial charge in [0, 0.05) is 16.3 Å². The first kappa shape index (κ1) is 10.4. The molecule has 1 aromatic rings. The molecule has 0 bridgehead atoms. The number of nitrogens with one attached hydrogen (secondary N) is 1. The highest BCUT2D eigenvalue weighted by Crippen LogP contribution is 2.34. The van der Waals surface area contributed by atoms with Gasteiger partial charge in [0.1, 0.15) is 13.3 Å². The van der Waals surface area contributed by atoms with Gasteiger partial charge in [-0.1, -0.05) is 11.6 Å². The highest BCUT2D eigenvalue weighted by Gasteiger charge is 2.45. The lowest BCUT2D eigenvalue weighted by atomic mass is 9.97. The lowest BCUT2D eigenvalue weighted by molar-refractivity contribution is 0.0871. The summed E-state index contributed by atoms with van der Waals surface area (Å²) in [4.78, 5) is 11.7. The van der Waals surface area contributed by atoms with Gasteiger partial charge in [-0.15, -0.1) is 0 Å². The lowest BCUT2D eigenvalue weighted by Crippen LogP contribution is -2.46. The zero-order valence-electron chi connectivity index (χ0n) is 7.69. The molecule has 2 rings (SSSR count). The van der Waals surface area contributed by atoms with Gasteiger partial charge >= 0.3 is 0 Å². The van der Waals surface area contributed by atoms with Crippen LogP contribution in [0.3, 0.4) is 0 Å². The van der Waals surface area contributed by atoms with Crippen LogP contribution in [0.1, 0.15) is 10.4 Å². The Morgan fingerprint density at radius 2 is 2.00 bits per heavy atom. The first-order valence-electron chi connectivity index (χ1n) is 4.37. The average Bonchev–Trinajstić information content (AvgIpc) is 2.53. The molecule has 15 heavy (non-hydrogen) atoms. The molecule has 0 saturated heterocycles. The van der Waals surface area contributed by atoms with Gasteiger partial charge in [-0.05, 0) is 18.2 Å². The van der Waals surface area contributed by atoms with Crippen molar-refractivity contribution in [2.45, 2.75) is 5.54 Å². The quantitative estimate of drug-likeness (QED) is 0.848. The van der Waals surface area contributed by atoms with Crippen LogP contribution >= 0.6 is 11.6 Å². The van der Waals surface area contributed by atoms with Crippen molar-refractivity contribution in [1.82, 2.24) is 0 Å². The fourth-order valence-corrected chi connectivity index (χ4v) is 1.78. The Labute approximate surface area is 90.2 Å². The summed E-state index contributed by atoms with van der Waals surface area (Å²) in [7, 11) is 0. The van der Waals surface area contributed by atoms with Crippen molar-refractivity contribution in [1.29, 1.82) is 0 Å². The molecule has 0 aliphatic carbocycles. The molecule has 2 nitrogen and oxygen atoms in total. The third kappa shape index (κ3) is 1.40. The number of hydrogen-bond donors (Lipinski definition) is 1. The highest BCUT2D eigenvalue weighted by atomic mass is 35.5. The number of benzene rings is 1. The molecule has 0 amide bonds. The van der Waals surface area contributed by atoms with E-state index in [0.717, 1.165) is 0 Å². The molecule has 0 saturated carbocycles. The monoisotopic (exact) mass is 231 g/mol. The van der Waals surface area contributed by atoms with E-state index in [-0.39, 0.29) is 5.56 Å². The Morgan fingerprint density at radius 1 is 1.33 bits per heavy atom. The van der Waals surface area contributed by atoms with E-state index in [1.54, 1.807) is 12.1 Å². The van der Waals surface area contributed by atoms with Crippen LogP contribution in [-0.2, 0) is 0 Å². The minimum atomic E-state index is -1.74. The van der Waals surface area contributed by atoms with Gasteiger partial charge in [-0.2, -0.15) is 0 Å². The Kier molecular flexibility index (Phi) is 2.38. The standard InChI is InChI=1S/C10H8ClF2NO/c11-6-1-2-8-7(3-6)9(15)10(4-12,5-13)14-8/h1-3,14H,4-5H2. The van der Waals surface area contributed by atoms with E-state index in [1.807, 2.05) is 0 Å². The molecule has 1 aliphatic rings. The van der Waals surface area contributed by atoms with Crippen molar-refractivity contribution in [3.63, 3.8) is 0 Å². The van der Waals surface area contributed by atoms with Crippen molar-refractivity contribution >= 4 is 23.1 Å². The maximum absolute atomic E-state index is 12.7. The Bertz CT molecular complexity index is 418. The Balaban J connectivity index is 2.49. The summed E-state index contributed by atoms with van der Waals surface area (Å²) in [5.41, 5.74) is -1.06. The summed E-state index contributed by atoms with van der Waals surface area (Å²) < 4.78 is 25.4. The summed E-state index contributed by atoms with van der Waals surface area (Å²) in [6.45, 7) is -2.15. The summed E-state index contributed by atoms with van der Waals surface area (Å²) in [6.07, 6.45) is 0. The van der Waals surface area contributed by atoms with Crippen LogP contribution in [-0.4, -0.2) is 24.7 Å². The third-order valence-corrected chi connectivity index (χ3v) is 2.73. The van der Waals surface area contributed by atoms with Gasteiger partial charge in [0.15, 0.2) is 11.3 Å². The molecule has 80 valence electrons. The Morgan fingerprint density at radius 3 is 2.60 bits per heavy atom. The number of fused-ring (bicyclic) bond motifs is 1. The maximum Gasteiger partial charge on any atom is 0.195 e. The van der Waals surface area contributed by atoms with Crippen molar-refractivity contribution < 1.29 is 13.6 Å². The zero-order valence-corrected chi connectivity index (χ0v) is 8.44. The van der Waals surface area contributed by atoms with E-state index in [4.69, 9.17) is 11.6 Å². The molecule has 1 aromatic carbocycles. The number of hydrogen-bond acceptors (Lipinski definition) is 2. The summed E-state index contributed by atoms with van der Waals surface area (Å²) in [5.74, 6) is -0.579. The first-order valence-corrected chi connectivity index (χ1v) is 4.75.